The Morgan fingerprint density at radius 1 is 0.652 bits per heavy atom. The van der Waals surface area contributed by atoms with Crippen LogP contribution in [-0.4, -0.2) is 79.9 Å². The van der Waals surface area contributed by atoms with Gasteiger partial charge in [0.25, 0.3) is 23.6 Å². The second kappa shape index (κ2) is 15.8. The van der Waals surface area contributed by atoms with E-state index in [0.29, 0.717) is 34.7 Å². The number of carbonyl (C=O) groups excluding carboxylic acids is 5. The average molecular weight is 645 g/mol. The molecule has 3 aromatic carbocycles. The topological polar surface area (TPSA) is 134 Å². The van der Waals surface area contributed by atoms with Crippen LogP contribution in [0.3, 0.4) is 0 Å². The lowest BCUT2D eigenvalue weighted by molar-refractivity contribution is -0.138. The van der Waals surface area contributed by atoms with Gasteiger partial charge in [0, 0.05) is 32.5 Å². The molecule has 12 heteroatoms. The highest BCUT2D eigenvalue weighted by Gasteiger charge is 2.39. The number of benzene rings is 3. The summed E-state index contributed by atoms with van der Waals surface area (Å²) < 4.78 is 9.89. The molecule has 0 spiro atoms. The molecule has 0 aliphatic carbocycles. The van der Waals surface area contributed by atoms with Crippen molar-refractivity contribution in [3.05, 3.63) is 107 Å². The molecule has 5 amide bonds. The second-order valence-corrected chi connectivity index (χ2v) is 10.4. The summed E-state index contributed by atoms with van der Waals surface area (Å²) in [6.45, 7) is 2.38. The van der Waals surface area contributed by atoms with Gasteiger partial charge >= 0.3 is 0 Å². The van der Waals surface area contributed by atoms with Crippen LogP contribution in [0.2, 0.25) is 0 Å². The van der Waals surface area contributed by atoms with E-state index in [0.717, 1.165) is 4.90 Å². The molecular formula is C34H33ClN4O7. The number of hydrogen-bond donors (Lipinski definition) is 2. The van der Waals surface area contributed by atoms with Crippen LogP contribution in [0.25, 0.3) is 11.1 Å². The third-order valence-electron chi connectivity index (χ3n) is 6.92. The lowest BCUT2D eigenvalue weighted by Crippen LogP contribution is -2.35. The first-order valence-corrected chi connectivity index (χ1v) is 14.7. The number of ether oxygens (including phenoxy) is 2. The van der Waals surface area contributed by atoms with Crippen molar-refractivity contribution in [1.29, 1.82) is 0 Å². The van der Waals surface area contributed by atoms with Crippen LogP contribution in [-0.2, 0) is 33.4 Å². The Balaban J connectivity index is 0.000000230. The summed E-state index contributed by atoms with van der Waals surface area (Å²) in [4.78, 5) is 63.2. The van der Waals surface area contributed by atoms with E-state index in [1.807, 2.05) is 24.3 Å². The molecule has 11 nitrogen and oxygen atoms in total. The van der Waals surface area contributed by atoms with Gasteiger partial charge in [-0.15, -0.1) is 0 Å². The first kappa shape index (κ1) is 33.8. The number of amides is 5. The minimum Gasteiger partial charge on any atom is -0.383 e. The summed E-state index contributed by atoms with van der Waals surface area (Å²) in [7, 11) is 3.03. The predicted octanol–water partition coefficient (Wildman–Crippen LogP) is 4.14. The van der Waals surface area contributed by atoms with E-state index < -0.39 is 11.8 Å². The van der Waals surface area contributed by atoms with Gasteiger partial charge in [0.1, 0.15) is 10.7 Å². The molecule has 0 saturated heterocycles. The third-order valence-corrected chi connectivity index (χ3v) is 7.27. The molecule has 2 aliphatic rings. The quantitative estimate of drug-likeness (QED) is 0.298. The minimum atomic E-state index is -0.461. The fourth-order valence-electron chi connectivity index (χ4n) is 4.72. The number of nitrogens with one attached hydrogen (secondary N) is 2. The Kier molecular flexibility index (Phi) is 11.6. The summed E-state index contributed by atoms with van der Waals surface area (Å²) in [6.07, 6.45) is 0. The Morgan fingerprint density at radius 3 is 1.61 bits per heavy atom. The molecule has 3 aromatic rings. The van der Waals surface area contributed by atoms with Gasteiger partial charge in [-0.1, -0.05) is 72.3 Å². The van der Waals surface area contributed by atoms with Gasteiger partial charge in [0.2, 0.25) is 5.91 Å². The Hall–Kier alpha value is -5.10. The lowest BCUT2D eigenvalue weighted by Gasteiger charge is -2.14. The standard InChI is InChI=1S/C21H21N3O4.C13H12ClNO3/c1-14(25)22-16-8-10-17(11-9-16)23-19-18(15-6-4-3-5-7-15)20(26)24(21(19)27)12-13-28-2;1-18-8-7-15-12(16)10(11(14)13(15)17)9-5-3-2-4-6-9/h3-11,23H,12-13H2,1-2H3,(H,22,25);2-6H,7-8H2,1H3. The van der Waals surface area contributed by atoms with Crippen molar-refractivity contribution in [2.24, 2.45) is 0 Å². The summed E-state index contributed by atoms with van der Waals surface area (Å²) in [6, 6.07) is 24.9. The van der Waals surface area contributed by atoms with Gasteiger partial charge in [-0.2, -0.15) is 0 Å². The van der Waals surface area contributed by atoms with Crippen LogP contribution in [0.15, 0.2) is 95.7 Å². The summed E-state index contributed by atoms with van der Waals surface area (Å²) in [5, 5.41) is 5.73. The van der Waals surface area contributed by atoms with Crippen molar-refractivity contribution in [3.63, 3.8) is 0 Å². The summed E-state index contributed by atoms with van der Waals surface area (Å²) >= 11 is 5.96. The number of nitrogens with zero attached hydrogens (tertiary/aromatic N) is 2. The van der Waals surface area contributed by atoms with Crippen LogP contribution in [0.4, 0.5) is 11.4 Å². The van der Waals surface area contributed by atoms with Gasteiger partial charge < -0.3 is 20.1 Å². The number of hydrogen-bond acceptors (Lipinski definition) is 8. The van der Waals surface area contributed by atoms with Crippen molar-refractivity contribution >= 4 is 63.7 Å². The first-order chi connectivity index (χ1) is 22.2. The minimum absolute atomic E-state index is 0.0256. The zero-order valence-electron chi connectivity index (χ0n) is 25.5. The van der Waals surface area contributed by atoms with Crippen LogP contribution in [0.5, 0.6) is 0 Å². The van der Waals surface area contributed by atoms with Gasteiger partial charge in [0.15, 0.2) is 0 Å². The molecule has 2 N–H and O–H groups in total. The smallest absolute Gasteiger partial charge is 0.278 e. The predicted molar refractivity (Wildman–Crippen MR) is 174 cm³/mol. The van der Waals surface area contributed by atoms with E-state index in [9.17, 15) is 24.0 Å². The second-order valence-electron chi connectivity index (χ2n) is 10.1. The monoisotopic (exact) mass is 644 g/mol. The normalized spacial score (nSPS) is 14.6. The molecule has 238 valence electrons. The molecule has 0 unspecified atom stereocenters. The highest BCUT2D eigenvalue weighted by molar-refractivity contribution is 6.55. The van der Waals surface area contributed by atoms with E-state index in [1.54, 1.807) is 60.7 Å². The Morgan fingerprint density at radius 2 is 1.11 bits per heavy atom. The largest absolute Gasteiger partial charge is 0.383 e. The number of halogens is 1. The van der Waals surface area contributed by atoms with Crippen LogP contribution in [0.1, 0.15) is 18.1 Å². The number of methoxy groups -OCH3 is 2. The number of imide groups is 2. The maximum atomic E-state index is 12.9. The highest BCUT2D eigenvalue weighted by Crippen LogP contribution is 2.32. The fourth-order valence-corrected chi connectivity index (χ4v) is 5.01. The number of anilines is 2. The zero-order valence-corrected chi connectivity index (χ0v) is 26.3. The first-order valence-electron chi connectivity index (χ1n) is 14.3. The molecule has 2 aliphatic heterocycles. The molecule has 0 atom stereocenters. The lowest BCUT2D eigenvalue weighted by atomic mass is 10.0. The van der Waals surface area contributed by atoms with E-state index in [4.69, 9.17) is 21.1 Å². The van der Waals surface area contributed by atoms with E-state index in [2.05, 4.69) is 10.6 Å². The van der Waals surface area contributed by atoms with Crippen molar-refractivity contribution < 1.29 is 33.4 Å². The maximum Gasteiger partial charge on any atom is 0.278 e. The molecule has 46 heavy (non-hydrogen) atoms. The van der Waals surface area contributed by atoms with Gasteiger partial charge in [-0.05, 0) is 35.4 Å². The molecule has 0 radical (unpaired) electrons. The van der Waals surface area contributed by atoms with Crippen molar-refractivity contribution in [2.75, 3.05) is 51.2 Å². The molecular weight excluding hydrogens is 612 g/mol. The summed E-state index contributed by atoms with van der Waals surface area (Å²) in [5.74, 6) is -1.75. The van der Waals surface area contributed by atoms with E-state index in [-0.39, 0.29) is 53.7 Å². The highest BCUT2D eigenvalue weighted by atomic mass is 35.5. The molecule has 0 fully saturated rings. The number of rotatable bonds is 11. The van der Waals surface area contributed by atoms with Gasteiger partial charge in [-0.25, -0.2) is 0 Å². The SMILES string of the molecule is COCCN1C(=O)C(Cl)=C(c2ccccc2)C1=O.COCCN1C(=O)C(Nc2ccc(NC(C)=O)cc2)=C(c2ccccc2)C1=O. The van der Waals surface area contributed by atoms with Crippen molar-refractivity contribution in [1.82, 2.24) is 9.80 Å². The maximum absolute atomic E-state index is 12.9. The van der Waals surface area contributed by atoms with Crippen LogP contribution in [0, 0.1) is 0 Å². The number of carbonyl (C=O) groups is 5. The average Bonchev–Trinajstić information content (AvgIpc) is 3.42. The molecule has 0 saturated carbocycles. The van der Waals surface area contributed by atoms with Gasteiger partial charge in [0.05, 0.1) is 37.4 Å². The molecule has 5 rings (SSSR count). The van der Waals surface area contributed by atoms with Gasteiger partial charge in [-0.3, -0.25) is 33.8 Å². The third kappa shape index (κ3) is 7.75. The Labute approximate surface area is 271 Å². The zero-order chi connectivity index (χ0) is 33.2. The summed E-state index contributed by atoms with van der Waals surface area (Å²) in [5.41, 5.74) is 3.41. The molecule has 2 heterocycles. The van der Waals surface area contributed by atoms with Crippen LogP contribution >= 0.6 is 11.6 Å². The van der Waals surface area contributed by atoms with Crippen LogP contribution < -0.4 is 10.6 Å². The molecule has 0 aromatic heterocycles. The van der Waals surface area contributed by atoms with E-state index in [1.165, 1.54) is 26.0 Å². The van der Waals surface area contributed by atoms with Crippen molar-refractivity contribution in [3.8, 4) is 0 Å². The van der Waals surface area contributed by atoms with Crippen molar-refractivity contribution in [2.45, 2.75) is 6.92 Å². The Bertz CT molecular complexity index is 1670. The fraction of sp³-hybridized carbons (Fsp3) is 0.206. The van der Waals surface area contributed by atoms with E-state index >= 15 is 0 Å². The molecule has 0 bridgehead atoms.